The molecule has 0 fully saturated rings. The van der Waals surface area contributed by atoms with E-state index in [2.05, 4.69) is 27.4 Å². The Hall–Kier alpha value is -2.68. The van der Waals surface area contributed by atoms with Gasteiger partial charge in [-0.15, -0.1) is 10.2 Å². The fourth-order valence-corrected chi connectivity index (χ4v) is 2.87. The molecule has 0 radical (unpaired) electrons. The molecule has 0 saturated carbocycles. The first-order valence-electron chi connectivity index (χ1n) is 8.67. The number of H-pyrrole nitrogens is 1. The van der Waals surface area contributed by atoms with Crippen LogP contribution in [-0.2, 0) is 22.4 Å². The number of nitrogens with one attached hydrogen (secondary N) is 2. The zero-order chi connectivity index (χ0) is 19.6. The molecule has 1 heterocycles. The minimum absolute atomic E-state index is 0.0113. The van der Waals surface area contributed by atoms with Crippen LogP contribution in [0.15, 0.2) is 34.2 Å². The molecule has 0 spiro atoms. The predicted octanol–water partition coefficient (Wildman–Crippen LogP) is 2.26. The quantitative estimate of drug-likeness (QED) is 0.531. The number of carboxylic acids is 1. The van der Waals surface area contributed by atoms with Crippen molar-refractivity contribution in [2.45, 2.75) is 44.2 Å². The third-order valence-electron chi connectivity index (χ3n) is 3.72. The van der Waals surface area contributed by atoms with Crippen LogP contribution in [-0.4, -0.2) is 37.9 Å². The second-order valence-electron chi connectivity index (χ2n) is 5.94. The topological polar surface area (TPSA) is 125 Å². The maximum Gasteiger partial charge on any atom is 0.303 e. The van der Waals surface area contributed by atoms with Crippen LogP contribution in [0.2, 0.25) is 0 Å². The van der Waals surface area contributed by atoms with Crippen molar-refractivity contribution in [2.24, 2.45) is 0 Å². The summed E-state index contributed by atoms with van der Waals surface area (Å²) in [5.41, 5.74) is 1.52. The van der Waals surface area contributed by atoms with Crippen LogP contribution >= 0.6 is 11.8 Å². The first-order valence-corrected chi connectivity index (χ1v) is 9.65. The van der Waals surface area contributed by atoms with Crippen molar-refractivity contribution in [2.75, 3.05) is 11.1 Å². The van der Waals surface area contributed by atoms with Crippen molar-refractivity contribution < 1.29 is 14.7 Å². The summed E-state index contributed by atoms with van der Waals surface area (Å²) in [4.78, 5) is 36.9. The van der Waals surface area contributed by atoms with Crippen LogP contribution in [0.25, 0.3) is 0 Å². The summed E-state index contributed by atoms with van der Waals surface area (Å²) in [6.45, 7) is 2.15. The van der Waals surface area contributed by atoms with E-state index in [1.165, 1.54) is 5.56 Å². The van der Waals surface area contributed by atoms with Crippen LogP contribution in [0.4, 0.5) is 5.69 Å². The summed E-state index contributed by atoms with van der Waals surface area (Å²) >= 11 is 1.05. The summed E-state index contributed by atoms with van der Waals surface area (Å²) in [5, 5.41) is 19.2. The molecule has 1 amide bonds. The number of anilines is 1. The molecule has 0 bridgehead atoms. The van der Waals surface area contributed by atoms with Gasteiger partial charge in [-0.1, -0.05) is 37.2 Å². The van der Waals surface area contributed by atoms with Gasteiger partial charge in [-0.2, -0.15) is 0 Å². The number of hydrogen-bond acceptors (Lipinski definition) is 6. The van der Waals surface area contributed by atoms with E-state index in [9.17, 15) is 14.4 Å². The standard InChI is InChI=1S/C18H22N4O4S/c1-2-3-4-12-5-7-13(8-6-12)19-15(23)11-27-18-20-17(26)14(21-22-18)9-10-16(24)25/h5-8H,2-4,9-11H2,1H3,(H,19,23)(H,24,25)(H,20,22,26). The summed E-state index contributed by atoms with van der Waals surface area (Å²) in [5.74, 6) is -1.17. The number of rotatable bonds is 10. The summed E-state index contributed by atoms with van der Waals surface area (Å²) in [6.07, 6.45) is 3.12. The van der Waals surface area contributed by atoms with Crippen LogP contribution in [0.5, 0.6) is 0 Å². The summed E-state index contributed by atoms with van der Waals surface area (Å²) in [7, 11) is 0. The smallest absolute Gasteiger partial charge is 0.303 e. The Kier molecular flexibility index (Phi) is 8.00. The molecule has 0 unspecified atom stereocenters. The molecule has 27 heavy (non-hydrogen) atoms. The molecule has 8 nitrogen and oxygen atoms in total. The van der Waals surface area contributed by atoms with Crippen molar-refractivity contribution in [3.8, 4) is 0 Å². The number of carboxylic acid groups (broad SMARTS) is 1. The number of aromatic amines is 1. The Morgan fingerprint density at radius 1 is 1.19 bits per heavy atom. The van der Waals surface area contributed by atoms with Gasteiger partial charge in [-0.3, -0.25) is 19.4 Å². The summed E-state index contributed by atoms with van der Waals surface area (Å²) < 4.78 is 0. The Balaban J connectivity index is 1.83. The van der Waals surface area contributed by atoms with E-state index in [1.54, 1.807) is 0 Å². The Morgan fingerprint density at radius 3 is 2.56 bits per heavy atom. The van der Waals surface area contributed by atoms with E-state index in [0.29, 0.717) is 5.69 Å². The SMILES string of the molecule is CCCCc1ccc(NC(=O)CSc2nnc(CCC(=O)O)c(=O)[nH]2)cc1. The molecule has 0 aliphatic rings. The van der Waals surface area contributed by atoms with Gasteiger partial charge in [0.2, 0.25) is 5.91 Å². The van der Waals surface area contributed by atoms with E-state index in [0.717, 1.165) is 31.0 Å². The normalized spacial score (nSPS) is 10.6. The highest BCUT2D eigenvalue weighted by Gasteiger charge is 2.10. The fourth-order valence-electron chi connectivity index (χ4n) is 2.27. The van der Waals surface area contributed by atoms with Gasteiger partial charge in [0.1, 0.15) is 5.69 Å². The van der Waals surface area contributed by atoms with Gasteiger partial charge in [0.15, 0.2) is 5.16 Å². The average molecular weight is 390 g/mol. The van der Waals surface area contributed by atoms with Crippen LogP contribution < -0.4 is 10.9 Å². The molecule has 2 aromatic rings. The number of aromatic nitrogens is 3. The van der Waals surface area contributed by atoms with E-state index in [4.69, 9.17) is 5.11 Å². The minimum Gasteiger partial charge on any atom is -0.481 e. The molecule has 9 heteroatoms. The molecule has 1 aromatic carbocycles. The highest BCUT2D eigenvalue weighted by Crippen LogP contribution is 2.14. The fraction of sp³-hybridized carbons (Fsp3) is 0.389. The minimum atomic E-state index is -1.01. The number of thioether (sulfide) groups is 1. The molecule has 1 aromatic heterocycles. The number of hydrogen-bond donors (Lipinski definition) is 3. The van der Waals surface area contributed by atoms with Crippen molar-refractivity contribution in [1.29, 1.82) is 0 Å². The molecular formula is C18H22N4O4S. The number of amides is 1. The third-order valence-corrected chi connectivity index (χ3v) is 4.58. The van der Waals surface area contributed by atoms with Gasteiger partial charge in [0, 0.05) is 12.1 Å². The van der Waals surface area contributed by atoms with Gasteiger partial charge in [-0.25, -0.2) is 0 Å². The Bertz CT molecular complexity index is 836. The van der Waals surface area contributed by atoms with Gasteiger partial charge in [0.05, 0.1) is 12.2 Å². The number of benzene rings is 1. The first-order chi connectivity index (χ1) is 13.0. The molecule has 3 N–H and O–H groups in total. The summed E-state index contributed by atoms with van der Waals surface area (Å²) in [6, 6.07) is 7.73. The molecule has 0 atom stereocenters. The third kappa shape index (κ3) is 7.22. The van der Waals surface area contributed by atoms with Crippen LogP contribution in [0, 0.1) is 0 Å². The first kappa shape index (κ1) is 20.6. The Labute approximate surface area is 160 Å². The van der Waals surface area contributed by atoms with E-state index in [-0.39, 0.29) is 35.4 Å². The lowest BCUT2D eigenvalue weighted by Gasteiger charge is -2.06. The zero-order valence-electron chi connectivity index (χ0n) is 15.0. The Morgan fingerprint density at radius 2 is 1.93 bits per heavy atom. The maximum atomic E-state index is 12.0. The molecule has 2 rings (SSSR count). The molecule has 0 aliphatic carbocycles. The number of carbonyl (C=O) groups excluding carboxylic acids is 1. The van der Waals surface area contributed by atoms with E-state index >= 15 is 0 Å². The second-order valence-corrected chi connectivity index (χ2v) is 6.90. The monoisotopic (exact) mass is 390 g/mol. The maximum absolute atomic E-state index is 12.0. The van der Waals surface area contributed by atoms with Gasteiger partial charge >= 0.3 is 5.97 Å². The number of unbranched alkanes of at least 4 members (excludes halogenated alkanes) is 1. The average Bonchev–Trinajstić information content (AvgIpc) is 2.65. The van der Waals surface area contributed by atoms with Crippen LogP contribution in [0.1, 0.15) is 37.4 Å². The van der Waals surface area contributed by atoms with Crippen LogP contribution in [0.3, 0.4) is 0 Å². The van der Waals surface area contributed by atoms with Crippen molar-refractivity contribution in [3.05, 3.63) is 45.9 Å². The van der Waals surface area contributed by atoms with Crippen molar-refractivity contribution in [3.63, 3.8) is 0 Å². The van der Waals surface area contributed by atoms with Gasteiger partial charge in [-0.05, 0) is 30.5 Å². The second kappa shape index (κ2) is 10.5. The largest absolute Gasteiger partial charge is 0.481 e. The molecule has 144 valence electrons. The van der Waals surface area contributed by atoms with Crippen molar-refractivity contribution in [1.82, 2.24) is 15.2 Å². The lowest BCUT2D eigenvalue weighted by molar-refractivity contribution is -0.137. The lowest BCUT2D eigenvalue weighted by Crippen LogP contribution is -2.19. The molecule has 0 aliphatic heterocycles. The lowest BCUT2D eigenvalue weighted by atomic mass is 10.1. The number of nitrogens with zero attached hydrogens (tertiary/aromatic N) is 2. The van der Waals surface area contributed by atoms with E-state index < -0.39 is 11.5 Å². The van der Waals surface area contributed by atoms with Crippen molar-refractivity contribution >= 4 is 29.3 Å². The number of carbonyl (C=O) groups is 2. The molecule has 0 saturated heterocycles. The highest BCUT2D eigenvalue weighted by molar-refractivity contribution is 7.99. The van der Waals surface area contributed by atoms with E-state index in [1.807, 2.05) is 24.3 Å². The number of aliphatic carboxylic acids is 1. The molecular weight excluding hydrogens is 368 g/mol. The number of aryl methyl sites for hydroxylation is 2. The zero-order valence-corrected chi connectivity index (χ0v) is 15.8. The van der Waals surface area contributed by atoms with Gasteiger partial charge < -0.3 is 10.4 Å². The van der Waals surface area contributed by atoms with Gasteiger partial charge in [0.25, 0.3) is 5.56 Å². The predicted molar refractivity (Wildman–Crippen MR) is 103 cm³/mol. The highest BCUT2D eigenvalue weighted by atomic mass is 32.2.